The van der Waals surface area contributed by atoms with Crippen LogP contribution in [0.5, 0.6) is 5.88 Å². The van der Waals surface area contributed by atoms with Gasteiger partial charge in [-0.1, -0.05) is 0 Å². The van der Waals surface area contributed by atoms with Crippen LogP contribution in [0.15, 0.2) is 10.9 Å². The van der Waals surface area contributed by atoms with Crippen LogP contribution in [0.25, 0.3) is 5.82 Å². The van der Waals surface area contributed by atoms with Crippen molar-refractivity contribution in [2.75, 3.05) is 5.32 Å². The lowest BCUT2D eigenvalue weighted by atomic mass is 10.2. The maximum absolute atomic E-state index is 15.0. The number of amides is 1. The van der Waals surface area contributed by atoms with Gasteiger partial charge in [0.15, 0.2) is 29.3 Å². The lowest BCUT2D eigenvalue weighted by Crippen LogP contribution is -2.33. The average molecular weight is 541 g/mol. The van der Waals surface area contributed by atoms with Crippen LogP contribution in [0, 0.1) is 12.7 Å². The van der Waals surface area contributed by atoms with Crippen molar-refractivity contribution in [2.45, 2.75) is 52.4 Å². The Labute approximate surface area is 201 Å². The molecule has 0 aromatic carbocycles. The summed E-state index contributed by atoms with van der Waals surface area (Å²) in [5.41, 5.74) is -4.69. The number of anilines is 1. The van der Waals surface area contributed by atoms with Crippen molar-refractivity contribution in [3.8, 4) is 11.7 Å². The summed E-state index contributed by atoms with van der Waals surface area (Å²) in [7, 11) is 0. The van der Waals surface area contributed by atoms with Crippen molar-refractivity contribution in [3.63, 3.8) is 0 Å². The number of nitrogens with one attached hydrogen (secondary N) is 2. The third-order valence-corrected chi connectivity index (χ3v) is 4.98. The summed E-state index contributed by atoms with van der Waals surface area (Å²) in [5.74, 6) is -5.33. The lowest BCUT2D eigenvalue weighted by Gasteiger charge is -2.19. The first-order valence-electron chi connectivity index (χ1n) is 10.3. The number of carbonyl (C=O) groups excluding carboxylic acids is 1. The fourth-order valence-corrected chi connectivity index (χ4v) is 3.08. The summed E-state index contributed by atoms with van der Waals surface area (Å²) in [4.78, 5) is 28.9. The number of aryl methyl sites for hydroxylation is 1. The van der Waals surface area contributed by atoms with Crippen LogP contribution in [-0.2, 0) is 19.3 Å². The van der Waals surface area contributed by atoms with E-state index in [1.807, 2.05) is 5.32 Å². The van der Waals surface area contributed by atoms with Crippen molar-refractivity contribution < 1.29 is 45.4 Å². The van der Waals surface area contributed by atoms with Gasteiger partial charge in [-0.05, 0) is 26.8 Å². The number of alkyl halides is 6. The van der Waals surface area contributed by atoms with Gasteiger partial charge in [0.05, 0.1) is 11.4 Å². The number of ether oxygens (including phenoxy) is 1. The minimum atomic E-state index is -4.99. The molecule has 11 nitrogen and oxygen atoms in total. The van der Waals surface area contributed by atoms with E-state index in [0.717, 1.165) is 11.5 Å². The van der Waals surface area contributed by atoms with Gasteiger partial charge < -0.3 is 15.2 Å². The number of aromatic amines is 1. The number of hydrogen-bond acceptors (Lipinski definition) is 7. The molecule has 3 aromatic rings. The van der Waals surface area contributed by atoms with Crippen LogP contribution < -0.4 is 15.7 Å². The van der Waals surface area contributed by atoms with Gasteiger partial charge in [0.1, 0.15) is 12.2 Å². The number of aliphatic hydroxyl groups excluding tert-OH is 1. The zero-order chi connectivity index (χ0) is 27.9. The van der Waals surface area contributed by atoms with E-state index in [1.54, 1.807) is 5.10 Å². The second-order valence-electron chi connectivity index (χ2n) is 7.47. The summed E-state index contributed by atoms with van der Waals surface area (Å²) in [6.07, 6.45) is -12.6. The molecule has 3 heterocycles. The fraction of sp³-hybridized carbons (Fsp3) is 0.421. The third kappa shape index (κ3) is 5.42. The highest BCUT2D eigenvalue weighted by molar-refractivity contribution is 6.06. The van der Waals surface area contributed by atoms with Crippen LogP contribution >= 0.6 is 0 Å². The van der Waals surface area contributed by atoms with E-state index in [-0.39, 0.29) is 18.1 Å². The van der Waals surface area contributed by atoms with Crippen molar-refractivity contribution in [3.05, 3.63) is 45.1 Å². The standard InChI is InChI=1S/C19H18F7N7O4/c1-4-32-11(6-34)31-33(17(32)36)14-10(20)5-9(16(28-14)37-8(3)18(21,22)23)15(35)27-12-7(2)29-30-13(12)19(24,25)26/h5,8,34H,4,6H2,1-3H3,(H,27,35)(H,29,30). The highest BCUT2D eigenvalue weighted by Gasteiger charge is 2.40. The number of aromatic nitrogens is 6. The third-order valence-electron chi connectivity index (χ3n) is 4.98. The summed E-state index contributed by atoms with van der Waals surface area (Å²) >= 11 is 0. The van der Waals surface area contributed by atoms with Gasteiger partial charge in [0, 0.05) is 6.54 Å². The molecule has 0 fully saturated rings. The number of halogens is 7. The molecule has 1 atom stereocenters. The van der Waals surface area contributed by atoms with Gasteiger partial charge in [-0.3, -0.25) is 14.5 Å². The molecule has 0 saturated carbocycles. The first-order chi connectivity index (χ1) is 17.1. The molecule has 0 bridgehead atoms. The number of rotatable bonds is 7. The molecule has 0 aliphatic heterocycles. The van der Waals surface area contributed by atoms with Crippen molar-refractivity contribution in [2.24, 2.45) is 0 Å². The van der Waals surface area contributed by atoms with E-state index in [9.17, 15) is 41.0 Å². The van der Waals surface area contributed by atoms with E-state index in [2.05, 4.69) is 15.2 Å². The first-order valence-corrected chi connectivity index (χ1v) is 10.3. The van der Waals surface area contributed by atoms with Crippen molar-refractivity contribution in [1.29, 1.82) is 0 Å². The van der Waals surface area contributed by atoms with Crippen LogP contribution in [0.3, 0.4) is 0 Å². The average Bonchev–Trinajstić information content (AvgIpc) is 3.32. The number of aliphatic hydroxyl groups is 1. The SMILES string of the molecule is CCn1c(CO)nn(-c2nc(OC(C)C(F)(F)F)c(C(=O)Nc3c(C)n[nH]c3C(F)(F)F)cc2F)c1=O. The zero-order valence-electron chi connectivity index (χ0n) is 19.1. The molecule has 3 aromatic heterocycles. The van der Waals surface area contributed by atoms with Crippen LogP contribution in [0.2, 0.25) is 0 Å². The second-order valence-corrected chi connectivity index (χ2v) is 7.47. The van der Waals surface area contributed by atoms with Gasteiger partial charge in [-0.25, -0.2) is 9.18 Å². The monoisotopic (exact) mass is 541 g/mol. The molecular weight excluding hydrogens is 523 g/mol. The number of carbonyl (C=O) groups is 1. The minimum Gasteiger partial charge on any atom is -0.464 e. The summed E-state index contributed by atoms with van der Waals surface area (Å²) < 4.78 is 100. The highest BCUT2D eigenvalue weighted by atomic mass is 19.4. The molecule has 1 unspecified atom stereocenters. The molecule has 0 spiro atoms. The van der Waals surface area contributed by atoms with Crippen LogP contribution in [0.1, 0.15) is 41.4 Å². The molecule has 0 radical (unpaired) electrons. The van der Waals surface area contributed by atoms with E-state index < -0.39 is 71.1 Å². The van der Waals surface area contributed by atoms with E-state index >= 15 is 4.39 Å². The molecule has 0 saturated heterocycles. The highest BCUT2D eigenvalue weighted by Crippen LogP contribution is 2.35. The van der Waals surface area contributed by atoms with Crippen molar-refractivity contribution >= 4 is 11.6 Å². The zero-order valence-corrected chi connectivity index (χ0v) is 19.1. The van der Waals surface area contributed by atoms with Crippen molar-refractivity contribution in [1.82, 2.24) is 29.5 Å². The maximum Gasteiger partial charge on any atom is 0.434 e. The smallest absolute Gasteiger partial charge is 0.434 e. The minimum absolute atomic E-state index is 0.0170. The first kappa shape index (κ1) is 27.6. The molecule has 0 aliphatic rings. The Morgan fingerprint density at radius 1 is 1.27 bits per heavy atom. The molecule has 3 rings (SSSR count). The van der Waals surface area contributed by atoms with Gasteiger partial charge in [-0.2, -0.15) is 41.1 Å². The van der Waals surface area contributed by atoms with E-state index in [4.69, 9.17) is 4.74 Å². The molecule has 18 heteroatoms. The van der Waals surface area contributed by atoms with Gasteiger partial charge >= 0.3 is 18.0 Å². The quantitative estimate of drug-likeness (QED) is 0.391. The summed E-state index contributed by atoms with van der Waals surface area (Å²) in [6.45, 7) is 2.36. The number of H-pyrrole nitrogens is 1. The topological polar surface area (TPSA) is 140 Å². The van der Waals surface area contributed by atoms with Gasteiger partial charge in [-0.15, -0.1) is 5.10 Å². The summed E-state index contributed by atoms with van der Waals surface area (Å²) in [6, 6.07) is 0.328. The summed E-state index contributed by atoms with van der Waals surface area (Å²) in [5, 5.41) is 19.9. The molecule has 37 heavy (non-hydrogen) atoms. The predicted molar refractivity (Wildman–Crippen MR) is 110 cm³/mol. The number of pyridine rings is 1. The maximum atomic E-state index is 15.0. The molecule has 202 valence electrons. The Hall–Kier alpha value is -3.96. The Morgan fingerprint density at radius 2 is 1.92 bits per heavy atom. The lowest BCUT2D eigenvalue weighted by molar-refractivity contribution is -0.190. The van der Waals surface area contributed by atoms with Crippen LogP contribution in [-0.4, -0.2) is 52.8 Å². The van der Waals surface area contributed by atoms with Gasteiger partial charge in [0.25, 0.3) is 5.91 Å². The Kier molecular flexibility index (Phi) is 7.34. The normalized spacial score (nSPS) is 13.1. The Bertz CT molecular complexity index is 1370. The fourth-order valence-electron chi connectivity index (χ4n) is 3.08. The van der Waals surface area contributed by atoms with E-state index in [0.29, 0.717) is 17.7 Å². The van der Waals surface area contributed by atoms with Gasteiger partial charge in [0.2, 0.25) is 5.88 Å². The molecule has 3 N–H and O–H groups in total. The number of hydrogen-bond donors (Lipinski definition) is 3. The molecular formula is C19H18F7N7O4. The largest absolute Gasteiger partial charge is 0.464 e. The Morgan fingerprint density at radius 3 is 2.43 bits per heavy atom. The molecule has 0 aliphatic carbocycles. The van der Waals surface area contributed by atoms with E-state index in [1.165, 1.54) is 6.92 Å². The second kappa shape index (κ2) is 9.83. The molecule has 1 amide bonds. The Balaban J connectivity index is 2.16. The number of nitrogens with zero attached hydrogens (tertiary/aromatic N) is 5. The predicted octanol–water partition coefficient (Wildman–Crippen LogP) is 2.71. The van der Waals surface area contributed by atoms with Crippen LogP contribution in [0.4, 0.5) is 36.4 Å².